The van der Waals surface area contributed by atoms with Gasteiger partial charge >= 0.3 is 0 Å². The summed E-state index contributed by atoms with van der Waals surface area (Å²) in [6, 6.07) is 12.6. The number of ketones is 1. The minimum Gasteiger partial charge on any atom is -0.294 e. The summed E-state index contributed by atoms with van der Waals surface area (Å²) in [6.45, 7) is 2.15. The Balaban J connectivity index is 2.10. The number of unbranched alkanes of at least 4 members (excludes halogenated alkanes) is 4. The van der Waals surface area contributed by atoms with Crippen molar-refractivity contribution >= 4 is 33.1 Å². The maximum absolute atomic E-state index is 12.6. The van der Waals surface area contributed by atoms with Crippen LogP contribution in [0.25, 0.3) is 0 Å². The topological polar surface area (TPSA) is 63.2 Å². The van der Waals surface area contributed by atoms with E-state index in [4.69, 9.17) is 11.6 Å². The second-order valence-electron chi connectivity index (χ2n) is 6.19. The highest BCUT2D eigenvalue weighted by molar-refractivity contribution is 7.92. The normalized spacial score (nSPS) is 11.3. The van der Waals surface area contributed by atoms with Crippen LogP contribution in [0.15, 0.2) is 53.4 Å². The number of para-hydroxylation sites is 1. The van der Waals surface area contributed by atoms with Crippen molar-refractivity contribution in [2.45, 2.75) is 50.3 Å². The second-order valence-corrected chi connectivity index (χ2v) is 8.31. The van der Waals surface area contributed by atoms with Crippen LogP contribution in [0, 0.1) is 0 Å². The molecule has 0 saturated carbocycles. The van der Waals surface area contributed by atoms with Crippen molar-refractivity contribution in [3.63, 3.8) is 0 Å². The summed E-state index contributed by atoms with van der Waals surface area (Å²) in [4.78, 5) is 12.6. The summed E-state index contributed by atoms with van der Waals surface area (Å²) in [6.07, 6.45) is 5.70. The van der Waals surface area contributed by atoms with Crippen LogP contribution in [0.3, 0.4) is 0 Å². The molecule has 0 radical (unpaired) electrons. The van der Waals surface area contributed by atoms with Crippen LogP contribution in [0.5, 0.6) is 0 Å². The Kier molecular flexibility index (Phi) is 7.66. The molecule has 2 aromatic rings. The van der Waals surface area contributed by atoms with E-state index >= 15 is 0 Å². The Morgan fingerprint density at radius 3 is 2.31 bits per heavy atom. The molecule has 140 valence electrons. The molecular weight excluding hydrogens is 370 g/mol. The molecule has 0 fully saturated rings. The number of rotatable bonds is 10. The Labute approximate surface area is 160 Å². The number of hydrogen-bond acceptors (Lipinski definition) is 3. The smallest absolute Gasteiger partial charge is 0.261 e. The van der Waals surface area contributed by atoms with E-state index in [1.54, 1.807) is 24.3 Å². The zero-order valence-corrected chi connectivity index (χ0v) is 16.4. The minimum atomic E-state index is -3.78. The second kappa shape index (κ2) is 9.74. The van der Waals surface area contributed by atoms with Crippen molar-refractivity contribution in [3.05, 3.63) is 59.1 Å². The Bertz CT molecular complexity index is 832. The molecule has 6 heteroatoms. The lowest BCUT2D eigenvalue weighted by Gasteiger charge is -2.12. The number of carbonyl (C=O) groups is 1. The van der Waals surface area contributed by atoms with E-state index in [2.05, 4.69) is 11.6 Å². The number of halogens is 1. The molecule has 0 aliphatic heterocycles. The highest BCUT2D eigenvalue weighted by Crippen LogP contribution is 2.23. The van der Waals surface area contributed by atoms with Gasteiger partial charge in [0.1, 0.15) is 0 Å². The Morgan fingerprint density at radius 2 is 1.62 bits per heavy atom. The van der Waals surface area contributed by atoms with Crippen LogP contribution in [0.1, 0.15) is 55.8 Å². The van der Waals surface area contributed by atoms with Gasteiger partial charge in [0.05, 0.1) is 10.6 Å². The van der Waals surface area contributed by atoms with E-state index in [-0.39, 0.29) is 10.7 Å². The van der Waals surface area contributed by atoms with Crippen LogP contribution in [0.4, 0.5) is 5.69 Å². The van der Waals surface area contributed by atoms with Crippen LogP contribution in [-0.4, -0.2) is 14.2 Å². The largest absolute Gasteiger partial charge is 0.294 e. The van der Waals surface area contributed by atoms with E-state index in [9.17, 15) is 13.2 Å². The third kappa shape index (κ3) is 5.85. The lowest BCUT2D eigenvalue weighted by atomic mass is 10.0. The monoisotopic (exact) mass is 393 g/mol. The Hall–Kier alpha value is -1.85. The summed E-state index contributed by atoms with van der Waals surface area (Å²) in [5.74, 6) is -0.0455. The molecule has 0 unspecified atom stereocenters. The third-order valence-electron chi connectivity index (χ3n) is 4.10. The van der Waals surface area contributed by atoms with Crippen molar-refractivity contribution in [1.29, 1.82) is 0 Å². The average Bonchev–Trinajstić information content (AvgIpc) is 2.62. The van der Waals surface area contributed by atoms with Gasteiger partial charge in [0.15, 0.2) is 5.78 Å². The van der Waals surface area contributed by atoms with Crippen LogP contribution in [0.2, 0.25) is 5.02 Å². The fourth-order valence-corrected chi connectivity index (χ4v) is 3.86. The summed E-state index contributed by atoms with van der Waals surface area (Å²) >= 11 is 5.81. The van der Waals surface area contributed by atoms with Gasteiger partial charge in [-0.1, -0.05) is 56.3 Å². The number of anilines is 1. The molecular formula is C20H24ClNO3S. The quantitative estimate of drug-likeness (QED) is 0.417. The lowest BCUT2D eigenvalue weighted by molar-refractivity contribution is 0.0980. The number of nitrogens with one attached hydrogen (secondary N) is 1. The van der Waals surface area contributed by atoms with Gasteiger partial charge in [-0.3, -0.25) is 9.52 Å². The molecule has 0 aliphatic rings. The molecule has 0 aromatic heterocycles. The van der Waals surface area contributed by atoms with E-state index in [1.807, 2.05) is 0 Å². The molecule has 26 heavy (non-hydrogen) atoms. The Morgan fingerprint density at radius 1 is 0.962 bits per heavy atom. The van der Waals surface area contributed by atoms with Crippen LogP contribution < -0.4 is 4.72 Å². The fourth-order valence-electron chi connectivity index (χ4n) is 2.66. The first-order chi connectivity index (χ1) is 12.4. The summed E-state index contributed by atoms with van der Waals surface area (Å²) in [7, 11) is -3.78. The van der Waals surface area contributed by atoms with Gasteiger partial charge in [0.25, 0.3) is 10.0 Å². The van der Waals surface area contributed by atoms with Crippen molar-refractivity contribution in [2.24, 2.45) is 0 Å². The van der Waals surface area contributed by atoms with Gasteiger partial charge in [-0.25, -0.2) is 8.42 Å². The minimum absolute atomic E-state index is 0.0455. The average molecular weight is 394 g/mol. The summed E-state index contributed by atoms with van der Waals surface area (Å²) in [5.41, 5.74) is 0.710. The molecule has 0 amide bonds. The number of hydrogen-bond donors (Lipinski definition) is 1. The first-order valence-corrected chi connectivity index (χ1v) is 10.7. The highest BCUT2D eigenvalue weighted by Gasteiger charge is 2.18. The van der Waals surface area contributed by atoms with Crippen molar-refractivity contribution in [2.75, 3.05) is 4.72 Å². The van der Waals surface area contributed by atoms with E-state index < -0.39 is 10.0 Å². The van der Waals surface area contributed by atoms with Crippen molar-refractivity contribution in [1.82, 2.24) is 0 Å². The van der Waals surface area contributed by atoms with Gasteiger partial charge in [-0.05, 0) is 42.8 Å². The van der Waals surface area contributed by atoms with Gasteiger partial charge < -0.3 is 0 Å². The molecule has 0 saturated heterocycles. The number of Topliss-reactive ketones (excluding diaryl/α,β-unsaturated/α-hetero) is 1. The predicted molar refractivity (Wildman–Crippen MR) is 106 cm³/mol. The standard InChI is InChI=1S/C20H24ClNO3S/c1-2-3-4-5-6-11-20(23)18-9-7-8-10-19(18)22-26(24,25)17-14-12-16(21)13-15-17/h7-10,12-15,22H,2-6,11H2,1H3. The van der Waals surface area contributed by atoms with Crippen molar-refractivity contribution in [3.8, 4) is 0 Å². The molecule has 0 heterocycles. The maximum Gasteiger partial charge on any atom is 0.261 e. The molecule has 1 N–H and O–H groups in total. The number of carbonyl (C=O) groups excluding carboxylic acids is 1. The molecule has 4 nitrogen and oxygen atoms in total. The van der Waals surface area contributed by atoms with E-state index in [1.165, 1.54) is 30.7 Å². The highest BCUT2D eigenvalue weighted by atomic mass is 35.5. The zero-order valence-electron chi connectivity index (χ0n) is 14.9. The fraction of sp³-hybridized carbons (Fsp3) is 0.350. The molecule has 2 rings (SSSR count). The summed E-state index contributed by atoms with van der Waals surface area (Å²) in [5, 5.41) is 0.461. The molecule has 0 spiro atoms. The van der Waals surface area contributed by atoms with Gasteiger partial charge in [-0.2, -0.15) is 0 Å². The van der Waals surface area contributed by atoms with Gasteiger partial charge in [0.2, 0.25) is 0 Å². The summed E-state index contributed by atoms with van der Waals surface area (Å²) < 4.78 is 27.6. The zero-order chi connectivity index (χ0) is 19.0. The van der Waals surface area contributed by atoms with Crippen LogP contribution in [-0.2, 0) is 10.0 Å². The van der Waals surface area contributed by atoms with Crippen molar-refractivity contribution < 1.29 is 13.2 Å². The number of sulfonamides is 1. The predicted octanol–water partition coefficient (Wildman–Crippen LogP) is 5.68. The lowest BCUT2D eigenvalue weighted by Crippen LogP contribution is -2.15. The maximum atomic E-state index is 12.6. The molecule has 0 bridgehead atoms. The molecule has 0 atom stereocenters. The first-order valence-electron chi connectivity index (χ1n) is 8.84. The van der Waals surface area contributed by atoms with E-state index in [0.29, 0.717) is 22.7 Å². The first kappa shape index (κ1) is 20.5. The SMILES string of the molecule is CCCCCCCC(=O)c1ccccc1NS(=O)(=O)c1ccc(Cl)cc1. The van der Waals surface area contributed by atoms with Gasteiger partial charge in [0, 0.05) is 17.0 Å². The third-order valence-corrected chi connectivity index (χ3v) is 5.74. The number of benzene rings is 2. The van der Waals surface area contributed by atoms with Crippen LogP contribution >= 0.6 is 11.6 Å². The van der Waals surface area contributed by atoms with E-state index in [0.717, 1.165) is 25.7 Å². The molecule has 0 aliphatic carbocycles. The van der Waals surface area contributed by atoms with Gasteiger partial charge in [-0.15, -0.1) is 0 Å². The molecule has 2 aromatic carbocycles.